The number of amides is 2. The van der Waals surface area contributed by atoms with Gasteiger partial charge in [-0.2, -0.15) is 16.5 Å². The highest BCUT2D eigenvalue weighted by Gasteiger charge is 2.25. The average molecular weight is 452 g/mol. The summed E-state index contributed by atoms with van der Waals surface area (Å²) in [6, 6.07) is 13.5. The van der Waals surface area contributed by atoms with Crippen LogP contribution in [0, 0.1) is 0 Å². The molecule has 0 spiro atoms. The Morgan fingerprint density at radius 1 is 1.10 bits per heavy atom. The molecule has 0 heterocycles. The predicted molar refractivity (Wildman–Crippen MR) is 118 cm³/mol. The highest BCUT2D eigenvalue weighted by molar-refractivity contribution is 7.98. The molecule has 162 valence electrons. The average Bonchev–Trinajstić information content (AvgIpc) is 2.72. The van der Waals surface area contributed by atoms with E-state index in [1.54, 1.807) is 42.5 Å². The quantitative estimate of drug-likeness (QED) is 0.453. The predicted octanol–water partition coefficient (Wildman–Crippen LogP) is 1.98. The topological polar surface area (TPSA) is 128 Å². The molecule has 4 N–H and O–H groups in total. The normalized spacial score (nSPS) is 12.2. The third-order valence-corrected chi connectivity index (χ3v) is 6.15. The number of nitrogens with one attached hydrogen (secondary N) is 2. The lowest BCUT2D eigenvalue weighted by Crippen LogP contribution is -2.44. The lowest BCUT2D eigenvalue weighted by Gasteiger charge is -2.18. The van der Waals surface area contributed by atoms with Crippen LogP contribution in [0.3, 0.4) is 0 Å². The van der Waals surface area contributed by atoms with Crippen LogP contribution in [0.25, 0.3) is 0 Å². The van der Waals surface area contributed by atoms with Crippen LogP contribution in [0.5, 0.6) is 5.75 Å². The highest BCUT2D eigenvalue weighted by Crippen LogP contribution is 2.17. The molecule has 0 aliphatic rings. The van der Waals surface area contributed by atoms with E-state index < -0.39 is 27.9 Å². The van der Waals surface area contributed by atoms with E-state index in [2.05, 4.69) is 10.0 Å². The second-order valence-electron chi connectivity index (χ2n) is 6.35. The Labute approximate surface area is 180 Å². The zero-order valence-electron chi connectivity index (χ0n) is 16.5. The Morgan fingerprint density at radius 2 is 1.77 bits per heavy atom. The molecule has 0 aromatic heterocycles. The van der Waals surface area contributed by atoms with Crippen LogP contribution in [0.2, 0.25) is 0 Å². The van der Waals surface area contributed by atoms with Crippen molar-refractivity contribution in [2.45, 2.75) is 23.8 Å². The number of benzene rings is 2. The standard InChI is InChI=1S/C20H25N3O5S2/c1-29-14-12-18(23-30(26,27)17-5-3-2-4-6-17)20(25)22-15-7-9-16(10-8-15)28-13-11-19(21)24/h2-10,18,23H,11-14H2,1H3,(H2,21,24)(H,22,25). The molecule has 0 aliphatic carbocycles. The maximum Gasteiger partial charge on any atom is 0.242 e. The van der Waals surface area contributed by atoms with E-state index in [-0.39, 0.29) is 17.9 Å². The number of nitrogens with two attached hydrogens (primary N) is 1. The summed E-state index contributed by atoms with van der Waals surface area (Å²) in [6.45, 7) is 0.166. The number of thioether (sulfide) groups is 1. The Kier molecular flexibility index (Phi) is 9.15. The van der Waals surface area contributed by atoms with Crippen molar-refractivity contribution < 1.29 is 22.7 Å². The van der Waals surface area contributed by atoms with Gasteiger partial charge in [0.2, 0.25) is 21.8 Å². The van der Waals surface area contributed by atoms with Gasteiger partial charge in [0.1, 0.15) is 11.8 Å². The van der Waals surface area contributed by atoms with Crippen LogP contribution in [0.1, 0.15) is 12.8 Å². The van der Waals surface area contributed by atoms with E-state index in [9.17, 15) is 18.0 Å². The minimum atomic E-state index is -3.83. The molecule has 1 atom stereocenters. The maximum absolute atomic E-state index is 12.7. The number of primary amides is 1. The van der Waals surface area contributed by atoms with Crippen LogP contribution in [0.15, 0.2) is 59.5 Å². The van der Waals surface area contributed by atoms with E-state index in [1.807, 2.05) is 6.26 Å². The summed E-state index contributed by atoms with van der Waals surface area (Å²) in [6.07, 6.45) is 2.34. The van der Waals surface area contributed by atoms with E-state index >= 15 is 0 Å². The summed E-state index contributed by atoms with van der Waals surface area (Å²) >= 11 is 1.52. The summed E-state index contributed by atoms with van der Waals surface area (Å²) in [5.74, 6) is 0.235. The monoisotopic (exact) mass is 451 g/mol. The van der Waals surface area contributed by atoms with Gasteiger partial charge >= 0.3 is 0 Å². The Bertz CT molecular complexity index is 935. The molecule has 30 heavy (non-hydrogen) atoms. The van der Waals surface area contributed by atoms with E-state index in [0.717, 1.165) is 0 Å². The largest absolute Gasteiger partial charge is 0.493 e. The fourth-order valence-corrected chi connectivity index (χ4v) is 4.19. The highest BCUT2D eigenvalue weighted by atomic mass is 32.2. The van der Waals surface area contributed by atoms with Gasteiger partial charge in [-0.15, -0.1) is 0 Å². The van der Waals surface area contributed by atoms with Gasteiger partial charge in [-0.05, 0) is 54.8 Å². The molecule has 0 radical (unpaired) electrons. The minimum Gasteiger partial charge on any atom is -0.493 e. The first-order chi connectivity index (χ1) is 14.3. The van der Waals surface area contributed by atoms with E-state index in [1.165, 1.54) is 23.9 Å². The van der Waals surface area contributed by atoms with Crippen molar-refractivity contribution in [2.75, 3.05) is 23.9 Å². The van der Waals surface area contributed by atoms with Gasteiger partial charge in [0.25, 0.3) is 0 Å². The zero-order chi connectivity index (χ0) is 22.0. The molecule has 1 unspecified atom stereocenters. The Hall–Kier alpha value is -2.56. The summed E-state index contributed by atoms with van der Waals surface area (Å²) in [5.41, 5.74) is 5.56. The van der Waals surface area contributed by atoms with Gasteiger partial charge in [0.05, 0.1) is 17.9 Å². The smallest absolute Gasteiger partial charge is 0.242 e. The summed E-state index contributed by atoms with van der Waals surface area (Å²) in [4.78, 5) is 23.6. The number of anilines is 1. The molecule has 0 bridgehead atoms. The number of hydrogen-bond donors (Lipinski definition) is 3. The lowest BCUT2D eigenvalue weighted by molar-refractivity contribution is -0.119. The second kappa shape index (κ2) is 11.6. The molecule has 0 aliphatic heterocycles. The Balaban J connectivity index is 2.03. The van der Waals surface area contributed by atoms with Crippen LogP contribution < -0.4 is 20.5 Å². The van der Waals surface area contributed by atoms with Gasteiger partial charge < -0.3 is 15.8 Å². The van der Waals surface area contributed by atoms with Crippen molar-refractivity contribution in [3.8, 4) is 5.75 Å². The van der Waals surface area contributed by atoms with Crippen LogP contribution in [0.4, 0.5) is 5.69 Å². The molecule has 2 aromatic rings. The van der Waals surface area contributed by atoms with Gasteiger partial charge in [-0.3, -0.25) is 9.59 Å². The summed E-state index contributed by atoms with van der Waals surface area (Å²) < 4.78 is 33.1. The molecule has 0 saturated heterocycles. The van der Waals surface area contributed by atoms with Gasteiger partial charge in [0, 0.05) is 5.69 Å². The van der Waals surface area contributed by atoms with Gasteiger partial charge in [-0.1, -0.05) is 18.2 Å². The lowest BCUT2D eigenvalue weighted by atomic mass is 10.2. The molecular weight excluding hydrogens is 426 g/mol. The fourth-order valence-electron chi connectivity index (χ4n) is 2.47. The molecule has 8 nitrogen and oxygen atoms in total. The first-order valence-corrected chi connectivity index (χ1v) is 12.1. The molecule has 2 rings (SSSR count). The molecule has 0 fully saturated rings. The van der Waals surface area contributed by atoms with Crippen molar-refractivity contribution in [3.05, 3.63) is 54.6 Å². The van der Waals surface area contributed by atoms with Crippen molar-refractivity contribution in [1.29, 1.82) is 0 Å². The summed E-state index contributed by atoms with van der Waals surface area (Å²) in [5, 5.41) is 2.72. The molecular formula is C20H25N3O5S2. The second-order valence-corrected chi connectivity index (χ2v) is 9.05. The van der Waals surface area contributed by atoms with Crippen molar-refractivity contribution >= 4 is 39.3 Å². The first kappa shape index (κ1) is 23.7. The van der Waals surface area contributed by atoms with Crippen molar-refractivity contribution in [3.63, 3.8) is 0 Å². The van der Waals surface area contributed by atoms with E-state index in [0.29, 0.717) is 23.6 Å². The fraction of sp³-hybridized carbons (Fsp3) is 0.300. The number of sulfonamides is 1. The van der Waals surface area contributed by atoms with Crippen LogP contribution in [-0.4, -0.2) is 44.9 Å². The number of rotatable bonds is 12. The number of hydrogen-bond acceptors (Lipinski definition) is 6. The van der Waals surface area contributed by atoms with Crippen molar-refractivity contribution in [2.24, 2.45) is 5.73 Å². The third kappa shape index (κ3) is 7.69. The SMILES string of the molecule is CSCCC(NS(=O)(=O)c1ccccc1)C(=O)Nc1ccc(OCCC(N)=O)cc1. The van der Waals surface area contributed by atoms with Gasteiger partial charge in [-0.25, -0.2) is 8.42 Å². The number of ether oxygens (including phenoxy) is 1. The first-order valence-electron chi connectivity index (χ1n) is 9.20. The third-order valence-electron chi connectivity index (χ3n) is 4.02. The molecule has 2 aromatic carbocycles. The minimum absolute atomic E-state index is 0.101. The maximum atomic E-state index is 12.7. The van der Waals surface area contributed by atoms with Crippen LogP contribution >= 0.6 is 11.8 Å². The number of carbonyl (C=O) groups is 2. The number of carbonyl (C=O) groups excluding carboxylic acids is 2. The molecule has 10 heteroatoms. The van der Waals surface area contributed by atoms with Gasteiger partial charge in [0.15, 0.2) is 0 Å². The summed E-state index contributed by atoms with van der Waals surface area (Å²) in [7, 11) is -3.83. The molecule has 0 saturated carbocycles. The van der Waals surface area contributed by atoms with Crippen molar-refractivity contribution in [1.82, 2.24) is 4.72 Å². The molecule has 2 amide bonds. The van der Waals surface area contributed by atoms with E-state index in [4.69, 9.17) is 10.5 Å². The van der Waals surface area contributed by atoms with Crippen LogP contribution in [-0.2, 0) is 19.6 Å². The zero-order valence-corrected chi connectivity index (χ0v) is 18.2. The Morgan fingerprint density at radius 3 is 2.37 bits per heavy atom.